The molecular formula is C19H28ClN3O4S. The zero-order valence-corrected chi connectivity index (χ0v) is 18.1. The molecule has 1 spiro atoms. The van der Waals surface area contributed by atoms with Gasteiger partial charge in [-0.3, -0.25) is 10.1 Å². The van der Waals surface area contributed by atoms with Gasteiger partial charge in [-0.2, -0.15) is 4.31 Å². The number of benzene rings is 1. The number of halogens is 1. The molecule has 2 heterocycles. The Balaban J connectivity index is 1.79. The zero-order valence-electron chi connectivity index (χ0n) is 16.5. The second-order valence-electron chi connectivity index (χ2n) is 7.74. The normalized spacial score (nSPS) is 23.1. The van der Waals surface area contributed by atoms with Gasteiger partial charge in [0.15, 0.2) is 0 Å². The molecule has 28 heavy (non-hydrogen) atoms. The molecule has 0 aliphatic carbocycles. The van der Waals surface area contributed by atoms with E-state index < -0.39 is 15.7 Å². The number of hydrogen-bond donors (Lipinski definition) is 1. The van der Waals surface area contributed by atoms with Gasteiger partial charge in [-0.15, -0.1) is 0 Å². The number of nitrogens with zero attached hydrogens (tertiary/aromatic N) is 2. The molecule has 2 saturated heterocycles. The van der Waals surface area contributed by atoms with Crippen LogP contribution >= 0.6 is 11.6 Å². The fourth-order valence-corrected chi connectivity index (χ4v) is 5.80. The SMILES string of the molecule is COCCN1C(=O)[C@H](C(C)C)NC12CCN(S(=O)(=O)c1cccc(Cl)c1)CC2. The summed E-state index contributed by atoms with van der Waals surface area (Å²) in [5.41, 5.74) is -0.523. The summed E-state index contributed by atoms with van der Waals surface area (Å²) < 4.78 is 32.6. The summed E-state index contributed by atoms with van der Waals surface area (Å²) in [5, 5.41) is 3.91. The molecule has 156 valence electrons. The Morgan fingerprint density at radius 1 is 1.32 bits per heavy atom. The lowest BCUT2D eigenvalue weighted by molar-refractivity contribution is -0.134. The summed E-state index contributed by atoms with van der Waals surface area (Å²) in [4.78, 5) is 15.0. The first-order chi connectivity index (χ1) is 13.2. The minimum Gasteiger partial charge on any atom is -0.383 e. The van der Waals surface area contributed by atoms with Crippen LogP contribution in [0.1, 0.15) is 26.7 Å². The van der Waals surface area contributed by atoms with Crippen molar-refractivity contribution in [3.63, 3.8) is 0 Å². The van der Waals surface area contributed by atoms with Crippen LogP contribution in [0.25, 0.3) is 0 Å². The first-order valence-electron chi connectivity index (χ1n) is 9.55. The summed E-state index contributed by atoms with van der Waals surface area (Å²) in [5.74, 6) is 0.225. The number of carbonyl (C=O) groups excluding carboxylic acids is 1. The van der Waals surface area contributed by atoms with Gasteiger partial charge < -0.3 is 9.64 Å². The molecule has 2 aliphatic rings. The average molecular weight is 430 g/mol. The molecule has 2 fully saturated rings. The van der Waals surface area contributed by atoms with Crippen molar-refractivity contribution in [3.8, 4) is 0 Å². The van der Waals surface area contributed by atoms with E-state index in [2.05, 4.69) is 5.32 Å². The largest absolute Gasteiger partial charge is 0.383 e. The van der Waals surface area contributed by atoms with E-state index in [1.54, 1.807) is 25.3 Å². The lowest BCUT2D eigenvalue weighted by Gasteiger charge is -2.44. The number of amides is 1. The number of ether oxygens (including phenoxy) is 1. The summed E-state index contributed by atoms with van der Waals surface area (Å²) in [6.45, 7) is 5.65. The van der Waals surface area contributed by atoms with Gasteiger partial charge in [0.2, 0.25) is 15.9 Å². The van der Waals surface area contributed by atoms with Crippen molar-refractivity contribution in [2.75, 3.05) is 33.4 Å². The van der Waals surface area contributed by atoms with Crippen LogP contribution in [0.2, 0.25) is 5.02 Å². The van der Waals surface area contributed by atoms with Crippen LogP contribution in [-0.4, -0.2) is 68.6 Å². The van der Waals surface area contributed by atoms with Gasteiger partial charge in [0.25, 0.3) is 0 Å². The summed E-state index contributed by atoms with van der Waals surface area (Å²) in [6.07, 6.45) is 1.07. The van der Waals surface area contributed by atoms with Crippen LogP contribution in [0.4, 0.5) is 0 Å². The topological polar surface area (TPSA) is 79.0 Å². The molecule has 0 aromatic heterocycles. The van der Waals surface area contributed by atoms with Crippen LogP contribution in [0.3, 0.4) is 0 Å². The Morgan fingerprint density at radius 2 is 2.00 bits per heavy atom. The molecule has 1 N–H and O–H groups in total. The van der Waals surface area contributed by atoms with E-state index in [-0.39, 0.29) is 22.8 Å². The zero-order chi connectivity index (χ0) is 20.5. The number of methoxy groups -OCH3 is 1. The standard InChI is InChI=1S/C19H28ClN3O4S/c1-14(2)17-18(24)23(11-12-27-3)19(21-17)7-9-22(10-8-19)28(25,26)16-6-4-5-15(20)13-16/h4-6,13-14,17,21H,7-12H2,1-3H3/t17-/m0/s1. The third-order valence-corrected chi connectivity index (χ3v) is 7.77. The maximum absolute atomic E-state index is 13.0. The molecule has 0 unspecified atom stereocenters. The number of nitrogens with one attached hydrogen (secondary N) is 1. The van der Waals surface area contributed by atoms with E-state index in [1.807, 2.05) is 18.7 Å². The quantitative estimate of drug-likeness (QED) is 0.747. The van der Waals surface area contributed by atoms with Gasteiger partial charge in [-0.05, 0) is 37.0 Å². The van der Waals surface area contributed by atoms with Gasteiger partial charge in [-0.1, -0.05) is 31.5 Å². The lowest BCUT2D eigenvalue weighted by atomic mass is 9.97. The third-order valence-electron chi connectivity index (χ3n) is 5.64. The predicted octanol–water partition coefficient (Wildman–Crippen LogP) is 1.92. The maximum Gasteiger partial charge on any atom is 0.243 e. The van der Waals surface area contributed by atoms with Crippen LogP contribution in [-0.2, 0) is 19.6 Å². The molecular weight excluding hydrogens is 402 g/mol. The maximum atomic E-state index is 13.0. The van der Waals surface area contributed by atoms with Gasteiger partial charge in [0, 0.05) is 31.8 Å². The predicted molar refractivity (Wildman–Crippen MR) is 108 cm³/mol. The number of carbonyl (C=O) groups is 1. The third kappa shape index (κ3) is 3.93. The van der Waals surface area contributed by atoms with Gasteiger partial charge in [0.1, 0.15) is 0 Å². The highest BCUT2D eigenvalue weighted by Crippen LogP contribution is 2.35. The fourth-order valence-electron chi connectivity index (χ4n) is 4.05. The highest BCUT2D eigenvalue weighted by atomic mass is 35.5. The first kappa shape index (κ1) is 21.5. The van der Waals surface area contributed by atoms with E-state index >= 15 is 0 Å². The smallest absolute Gasteiger partial charge is 0.243 e. The number of piperidine rings is 1. The number of sulfonamides is 1. The second kappa shape index (κ2) is 8.28. The van der Waals surface area contributed by atoms with Crippen molar-refractivity contribution in [1.82, 2.24) is 14.5 Å². The lowest BCUT2D eigenvalue weighted by Crippen LogP contribution is -2.60. The van der Waals surface area contributed by atoms with E-state index in [9.17, 15) is 13.2 Å². The molecule has 1 atom stereocenters. The van der Waals surface area contributed by atoms with Crippen molar-refractivity contribution in [2.24, 2.45) is 5.92 Å². The van der Waals surface area contributed by atoms with E-state index in [0.717, 1.165) is 0 Å². The molecule has 1 aromatic carbocycles. The van der Waals surface area contributed by atoms with Gasteiger partial charge in [-0.25, -0.2) is 8.42 Å². The molecule has 1 aromatic rings. The summed E-state index contributed by atoms with van der Waals surface area (Å²) >= 11 is 5.97. The number of hydrogen-bond acceptors (Lipinski definition) is 5. The molecule has 7 nitrogen and oxygen atoms in total. The van der Waals surface area contributed by atoms with Crippen molar-refractivity contribution >= 4 is 27.5 Å². The van der Waals surface area contributed by atoms with Crippen LogP contribution in [0, 0.1) is 5.92 Å². The van der Waals surface area contributed by atoms with Crippen molar-refractivity contribution in [3.05, 3.63) is 29.3 Å². The van der Waals surface area contributed by atoms with E-state index in [4.69, 9.17) is 16.3 Å². The molecule has 0 radical (unpaired) electrons. The van der Waals surface area contributed by atoms with Crippen molar-refractivity contribution in [1.29, 1.82) is 0 Å². The van der Waals surface area contributed by atoms with Crippen LogP contribution in [0.5, 0.6) is 0 Å². The first-order valence-corrected chi connectivity index (χ1v) is 11.4. The van der Waals surface area contributed by atoms with Gasteiger partial charge in [0.05, 0.1) is 23.2 Å². The molecule has 1 amide bonds. The van der Waals surface area contributed by atoms with E-state index in [0.29, 0.717) is 44.1 Å². The number of rotatable bonds is 6. The van der Waals surface area contributed by atoms with Crippen molar-refractivity contribution < 1.29 is 17.9 Å². The molecule has 2 aliphatic heterocycles. The highest BCUT2D eigenvalue weighted by Gasteiger charge is 2.52. The Labute approximate surface area is 172 Å². The minimum absolute atomic E-state index is 0.0678. The van der Waals surface area contributed by atoms with Crippen LogP contribution in [0.15, 0.2) is 29.2 Å². The molecule has 3 rings (SSSR count). The van der Waals surface area contributed by atoms with E-state index in [1.165, 1.54) is 10.4 Å². The summed E-state index contributed by atoms with van der Waals surface area (Å²) in [6, 6.07) is 6.06. The molecule has 0 bridgehead atoms. The summed E-state index contributed by atoms with van der Waals surface area (Å²) in [7, 11) is -2.00. The molecule has 0 saturated carbocycles. The van der Waals surface area contributed by atoms with Gasteiger partial charge >= 0.3 is 0 Å². The fraction of sp³-hybridized carbons (Fsp3) is 0.632. The Kier molecular flexibility index (Phi) is 6.36. The molecule has 9 heteroatoms. The Bertz CT molecular complexity index is 822. The average Bonchev–Trinajstić information content (AvgIpc) is 2.92. The Morgan fingerprint density at radius 3 is 2.57 bits per heavy atom. The monoisotopic (exact) mass is 429 g/mol. The minimum atomic E-state index is -3.62. The van der Waals surface area contributed by atoms with Crippen LogP contribution < -0.4 is 5.32 Å². The van der Waals surface area contributed by atoms with Crippen molar-refractivity contribution in [2.45, 2.75) is 43.3 Å². The Hall–Kier alpha value is -1.19. The second-order valence-corrected chi connectivity index (χ2v) is 10.1. The highest BCUT2D eigenvalue weighted by molar-refractivity contribution is 7.89.